The predicted molar refractivity (Wildman–Crippen MR) is 125 cm³/mol. The van der Waals surface area contributed by atoms with Gasteiger partial charge in [-0.15, -0.1) is 0 Å². The van der Waals surface area contributed by atoms with E-state index in [0.29, 0.717) is 36.9 Å². The van der Waals surface area contributed by atoms with E-state index in [-0.39, 0.29) is 0 Å². The zero-order valence-electron chi connectivity index (χ0n) is 19.0. The van der Waals surface area contributed by atoms with Crippen molar-refractivity contribution < 1.29 is 9.47 Å². The Balaban J connectivity index is 1.48. The molecular weight excluding hydrogens is 406 g/mol. The van der Waals surface area contributed by atoms with E-state index in [1.165, 1.54) is 0 Å². The van der Waals surface area contributed by atoms with E-state index in [2.05, 4.69) is 26.4 Å². The lowest BCUT2D eigenvalue weighted by Crippen LogP contribution is -2.40. The van der Waals surface area contributed by atoms with Crippen molar-refractivity contribution in [2.24, 2.45) is 10.9 Å². The van der Waals surface area contributed by atoms with Crippen LogP contribution < -0.4 is 11.1 Å². The highest BCUT2D eigenvalue weighted by molar-refractivity contribution is 5.80. The molecule has 1 aromatic heterocycles. The summed E-state index contributed by atoms with van der Waals surface area (Å²) in [7, 11) is 3.49. The van der Waals surface area contributed by atoms with E-state index in [1.54, 1.807) is 18.8 Å². The number of guanidine groups is 1. The van der Waals surface area contributed by atoms with Crippen molar-refractivity contribution in [3.8, 4) is 11.8 Å². The summed E-state index contributed by atoms with van der Waals surface area (Å²) < 4.78 is 12.3. The Bertz CT molecular complexity index is 920. The number of nitrogens with one attached hydrogen (secondary N) is 1. The lowest BCUT2D eigenvalue weighted by molar-refractivity contribution is 0.0536. The first-order valence-corrected chi connectivity index (χ1v) is 11.0. The van der Waals surface area contributed by atoms with Gasteiger partial charge in [0.1, 0.15) is 17.5 Å². The van der Waals surface area contributed by atoms with E-state index in [0.717, 1.165) is 56.4 Å². The van der Waals surface area contributed by atoms with E-state index < -0.39 is 0 Å². The summed E-state index contributed by atoms with van der Waals surface area (Å²) in [6.45, 7) is 4.65. The van der Waals surface area contributed by atoms with Gasteiger partial charge in [-0.25, -0.2) is 4.68 Å². The third kappa shape index (κ3) is 5.99. The second-order valence-corrected chi connectivity index (χ2v) is 7.81. The van der Waals surface area contributed by atoms with Crippen molar-refractivity contribution >= 4 is 11.8 Å². The summed E-state index contributed by atoms with van der Waals surface area (Å²) in [4.78, 5) is 6.70. The number of aromatic nitrogens is 2. The molecule has 1 atom stereocenters. The fraction of sp³-hybridized carbons (Fsp3) is 0.522. The number of ether oxygens (including phenoxy) is 2. The number of rotatable bonds is 10. The molecule has 0 aliphatic carbocycles. The minimum absolute atomic E-state index is 0.383. The number of para-hydroxylation sites is 1. The Hall–Kier alpha value is -3.09. The third-order valence-electron chi connectivity index (χ3n) is 5.56. The molecule has 2 aromatic rings. The average Bonchev–Trinajstić information content (AvgIpc) is 3.41. The van der Waals surface area contributed by atoms with Crippen LogP contribution in [0.3, 0.4) is 0 Å². The van der Waals surface area contributed by atoms with Gasteiger partial charge in [-0.1, -0.05) is 18.2 Å². The van der Waals surface area contributed by atoms with Crippen molar-refractivity contribution in [3.63, 3.8) is 0 Å². The van der Waals surface area contributed by atoms with Crippen molar-refractivity contribution in [3.05, 3.63) is 41.6 Å². The second-order valence-electron chi connectivity index (χ2n) is 7.81. The number of hydrogen-bond donors (Lipinski definition) is 2. The molecule has 9 nitrogen and oxygen atoms in total. The molecule has 2 heterocycles. The van der Waals surface area contributed by atoms with Crippen LogP contribution in [0.1, 0.15) is 24.1 Å². The van der Waals surface area contributed by atoms with Crippen LogP contribution in [0.2, 0.25) is 0 Å². The van der Waals surface area contributed by atoms with Gasteiger partial charge >= 0.3 is 0 Å². The Morgan fingerprint density at radius 1 is 1.34 bits per heavy atom. The Kier molecular flexibility index (Phi) is 8.90. The van der Waals surface area contributed by atoms with Crippen LogP contribution in [0.5, 0.6) is 0 Å². The Morgan fingerprint density at radius 3 is 2.88 bits per heavy atom. The normalized spacial score (nSPS) is 16.3. The number of nitrogens with two attached hydrogens (primary N) is 1. The van der Waals surface area contributed by atoms with Crippen molar-refractivity contribution in [2.45, 2.75) is 19.3 Å². The van der Waals surface area contributed by atoms with Gasteiger partial charge in [0.2, 0.25) is 0 Å². The zero-order valence-corrected chi connectivity index (χ0v) is 19.0. The van der Waals surface area contributed by atoms with E-state index >= 15 is 0 Å². The number of benzene rings is 1. The first kappa shape index (κ1) is 23.6. The SMILES string of the molecule is CN=C(NCCCc1nn(-c2ccccc2)c(N)c1C#N)N1CCC(COCCOC)C1. The van der Waals surface area contributed by atoms with Crippen LogP contribution in [0.4, 0.5) is 5.82 Å². The molecule has 1 fully saturated rings. The largest absolute Gasteiger partial charge is 0.382 e. The highest BCUT2D eigenvalue weighted by Crippen LogP contribution is 2.21. The summed E-state index contributed by atoms with van der Waals surface area (Å²) in [6.07, 6.45) is 2.57. The molecule has 3 rings (SSSR count). The fourth-order valence-corrected chi connectivity index (χ4v) is 3.88. The molecule has 32 heavy (non-hydrogen) atoms. The van der Waals surface area contributed by atoms with E-state index in [4.69, 9.17) is 15.2 Å². The van der Waals surface area contributed by atoms with Crippen molar-refractivity contribution in [2.75, 3.05) is 59.3 Å². The first-order chi connectivity index (χ1) is 15.7. The van der Waals surface area contributed by atoms with Crippen LogP contribution in [-0.2, 0) is 15.9 Å². The minimum Gasteiger partial charge on any atom is -0.382 e. The Labute approximate surface area is 189 Å². The van der Waals surface area contributed by atoms with Gasteiger partial charge in [0.25, 0.3) is 0 Å². The third-order valence-corrected chi connectivity index (χ3v) is 5.56. The molecule has 0 amide bonds. The molecule has 1 aromatic carbocycles. The number of nitrogen functional groups attached to an aromatic ring is 1. The summed E-state index contributed by atoms with van der Waals surface area (Å²) in [5.74, 6) is 1.79. The number of aliphatic imine (C=N–C) groups is 1. The summed E-state index contributed by atoms with van der Waals surface area (Å²) in [5, 5.41) is 17.6. The number of likely N-dealkylation sites (tertiary alicyclic amines) is 1. The van der Waals surface area contributed by atoms with Crippen LogP contribution in [0.25, 0.3) is 5.69 Å². The quantitative estimate of drug-likeness (QED) is 0.330. The van der Waals surface area contributed by atoms with Gasteiger partial charge in [-0.2, -0.15) is 10.4 Å². The summed E-state index contributed by atoms with van der Waals surface area (Å²) in [6, 6.07) is 11.8. The van der Waals surface area contributed by atoms with E-state index in [9.17, 15) is 5.26 Å². The van der Waals surface area contributed by atoms with Gasteiger partial charge in [0.05, 0.1) is 31.2 Å². The van der Waals surface area contributed by atoms with E-state index in [1.807, 2.05) is 30.3 Å². The van der Waals surface area contributed by atoms with Gasteiger partial charge in [0, 0.05) is 39.7 Å². The van der Waals surface area contributed by atoms with Gasteiger partial charge < -0.3 is 25.4 Å². The smallest absolute Gasteiger partial charge is 0.193 e. The molecule has 1 unspecified atom stereocenters. The standard InChI is InChI=1S/C23H33N7O2/c1-26-23(29-12-10-18(16-29)17-32-14-13-31-2)27-11-6-9-21-20(15-24)22(25)30(28-21)19-7-4-3-5-8-19/h3-5,7-8,18H,6,9-14,16-17,25H2,1-2H3,(H,26,27). The maximum Gasteiger partial charge on any atom is 0.193 e. The highest BCUT2D eigenvalue weighted by atomic mass is 16.5. The monoisotopic (exact) mass is 439 g/mol. The molecule has 1 aliphatic heterocycles. The maximum atomic E-state index is 9.56. The predicted octanol–water partition coefficient (Wildman–Crippen LogP) is 1.82. The number of aryl methyl sites for hydroxylation is 1. The summed E-state index contributed by atoms with van der Waals surface area (Å²) in [5.41, 5.74) is 8.21. The van der Waals surface area contributed by atoms with Crippen LogP contribution in [0.15, 0.2) is 35.3 Å². The maximum absolute atomic E-state index is 9.56. The number of nitrogens with zero attached hydrogens (tertiary/aromatic N) is 5. The second kappa shape index (κ2) is 12.1. The zero-order chi connectivity index (χ0) is 22.8. The van der Waals surface area contributed by atoms with Crippen LogP contribution >= 0.6 is 0 Å². The van der Waals surface area contributed by atoms with Crippen LogP contribution in [-0.4, -0.2) is 74.3 Å². The fourth-order valence-electron chi connectivity index (χ4n) is 3.88. The molecule has 9 heteroatoms. The topological polar surface area (TPSA) is 114 Å². The van der Waals surface area contributed by atoms with Gasteiger partial charge in [-0.05, 0) is 31.4 Å². The first-order valence-electron chi connectivity index (χ1n) is 11.0. The number of hydrogen-bond acceptors (Lipinski definition) is 6. The molecule has 1 aliphatic rings. The average molecular weight is 440 g/mol. The summed E-state index contributed by atoms with van der Waals surface area (Å²) >= 11 is 0. The molecule has 0 saturated carbocycles. The highest BCUT2D eigenvalue weighted by Gasteiger charge is 2.25. The number of anilines is 1. The Morgan fingerprint density at radius 2 is 2.16 bits per heavy atom. The molecule has 0 radical (unpaired) electrons. The lowest BCUT2D eigenvalue weighted by atomic mass is 10.1. The minimum atomic E-state index is 0.383. The molecule has 0 bridgehead atoms. The van der Waals surface area contributed by atoms with Crippen molar-refractivity contribution in [1.29, 1.82) is 5.26 Å². The lowest BCUT2D eigenvalue weighted by Gasteiger charge is -2.21. The molecule has 3 N–H and O–H groups in total. The molecular formula is C23H33N7O2. The molecule has 172 valence electrons. The van der Waals surface area contributed by atoms with Gasteiger partial charge in [0.15, 0.2) is 5.96 Å². The van der Waals surface area contributed by atoms with Crippen LogP contribution in [0, 0.1) is 17.2 Å². The van der Waals surface area contributed by atoms with Gasteiger partial charge in [-0.3, -0.25) is 4.99 Å². The number of methoxy groups -OCH3 is 1. The molecule has 1 saturated heterocycles. The number of nitriles is 1. The van der Waals surface area contributed by atoms with Crippen molar-refractivity contribution in [1.82, 2.24) is 20.0 Å². The molecule has 0 spiro atoms.